The third kappa shape index (κ3) is 4.48. The minimum Gasteiger partial charge on any atom is -0.306 e. The van der Waals surface area contributed by atoms with Crippen molar-refractivity contribution in [1.82, 2.24) is 19.7 Å². The third-order valence-electron chi connectivity index (χ3n) is 4.68. The maximum atomic E-state index is 13.4. The van der Waals surface area contributed by atoms with Gasteiger partial charge in [-0.1, -0.05) is 18.2 Å². The van der Waals surface area contributed by atoms with Crippen molar-refractivity contribution in [3.8, 4) is 11.3 Å². The number of halogens is 2. The molecule has 152 valence electrons. The lowest BCUT2D eigenvalue weighted by Gasteiger charge is -2.11. The van der Waals surface area contributed by atoms with Crippen LogP contribution >= 0.6 is 23.1 Å². The lowest BCUT2D eigenvalue weighted by molar-refractivity contribution is -0.115. The molecule has 0 spiro atoms. The van der Waals surface area contributed by atoms with E-state index >= 15 is 0 Å². The zero-order chi connectivity index (χ0) is 20.4. The quantitative estimate of drug-likeness (QED) is 0.597. The highest BCUT2D eigenvalue weighted by Crippen LogP contribution is 2.28. The van der Waals surface area contributed by atoms with E-state index in [1.54, 1.807) is 5.38 Å². The molecule has 1 amide bonds. The summed E-state index contributed by atoms with van der Waals surface area (Å²) in [5, 5.41) is 13.8. The van der Waals surface area contributed by atoms with Crippen molar-refractivity contribution < 1.29 is 13.6 Å². The molecule has 0 saturated heterocycles. The zero-order valence-electron chi connectivity index (χ0n) is 15.7. The molecule has 0 fully saturated rings. The summed E-state index contributed by atoms with van der Waals surface area (Å²) >= 11 is 2.60. The molecule has 1 unspecified atom stereocenters. The number of nitrogens with one attached hydrogen (secondary N) is 1. The van der Waals surface area contributed by atoms with Crippen molar-refractivity contribution in [2.45, 2.75) is 49.6 Å². The van der Waals surface area contributed by atoms with E-state index in [9.17, 15) is 13.6 Å². The molecule has 29 heavy (non-hydrogen) atoms. The van der Waals surface area contributed by atoms with Crippen LogP contribution < -0.4 is 5.32 Å². The summed E-state index contributed by atoms with van der Waals surface area (Å²) in [6.07, 6.45) is 4.29. The van der Waals surface area contributed by atoms with Gasteiger partial charge in [-0.3, -0.25) is 4.79 Å². The Kier molecular flexibility index (Phi) is 5.91. The Morgan fingerprint density at radius 3 is 2.93 bits per heavy atom. The van der Waals surface area contributed by atoms with Gasteiger partial charge >= 0.3 is 0 Å². The topological polar surface area (TPSA) is 72.7 Å². The minimum absolute atomic E-state index is 0.202. The van der Waals surface area contributed by atoms with Crippen LogP contribution in [-0.2, 0) is 17.8 Å². The lowest BCUT2D eigenvalue weighted by atomic mass is 10.2. The SMILES string of the molecule is CC(Sc1nnc2n1CCCCC2)C(=O)Nc1nc(-c2ccc(F)c(F)c2)cs1. The molecule has 4 rings (SSSR count). The highest BCUT2D eigenvalue weighted by molar-refractivity contribution is 8.00. The van der Waals surface area contributed by atoms with Crippen molar-refractivity contribution in [3.05, 3.63) is 41.0 Å². The van der Waals surface area contributed by atoms with Gasteiger partial charge in [0.1, 0.15) is 5.82 Å². The smallest absolute Gasteiger partial charge is 0.239 e. The molecule has 6 nitrogen and oxygen atoms in total. The van der Waals surface area contributed by atoms with Gasteiger partial charge in [0.2, 0.25) is 5.91 Å². The Balaban J connectivity index is 1.41. The molecule has 0 radical (unpaired) electrons. The van der Waals surface area contributed by atoms with Crippen LogP contribution in [0.25, 0.3) is 11.3 Å². The summed E-state index contributed by atoms with van der Waals surface area (Å²) in [5.41, 5.74) is 0.932. The van der Waals surface area contributed by atoms with Crippen LogP contribution in [0.3, 0.4) is 0 Å². The van der Waals surface area contributed by atoms with Crippen molar-refractivity contribution in [2.24, 2.45) is 0 Å². The van der Waals surface area contributed by atoms with Crippen LogP contribution in [0, 0.1) is 11.6 Å². The summed E-state index contributed by atoms with van der Waals surface area (Å²) in [5.74, 6) is -1.06. The van der Waals surface area contributed by atoms with E-state index < -0.39 is 11.6 Å². The molecular weight excluding hydrogens is 416 g/mol. The number of anilines is 1. The normalized spacial score (nSPS) is 14.9. The molecular formula is C19H19F2N5OS2. The number of benzene rings is 1. The van der Waals surface area contributed by atoms with Crippen LogP contribution in [0.4, 0.5) is 13.9 Å². The summed E-state index contributed by atoms with van der Waals surface area (Å²) in [6, 6.07) is 3.60. The number of amides is 1. The maximum absolute atomic E-state index is 13.4. The first-order valence-electron chi connectivity index (χ1n) is 9.32. The summed E-state index contributed by atoms with van der Waals surface area (Å²) in [6.45, 7) is 2.69. The fourth-order valence-electron chi connectivity index (χ4n) is 3.08. The number of aryl methyl sites for hydroxylation is 1. The molecule has 1 aromatic carbocycles. The van der Waals surface area contributed by atoms with Gasteiger partial charge in [-0.15, -0.1) is 21.5 Å². The predicted molar refractivity (Wildman–Crippen MR) is 109 cm³/mol. The number of nitrogens with zero attached hydrogens (tertiary/aromatic N) is 4. The zero-order valence-corrected chi connectivity index (χ0v) is 17.3. The van der Waals surface area contributed by atoms with Crippen LogP contribution in [0.2, 0.25) is 0 Å². The Morgan fingerprint density at radius 1 is 1.24 bits per heavy atom. The molecule has 1 aliphatic rings. The molecule has 1 N–H and O–H groups in total. The largest absolute Gasteiger partial charge is 0.306 e. The van der Waals surface area contributed by atoms with Crippen LogP contribution in [0.5, 0.6) is 0 Å². The van der Waals surface area contributed by atoms with Gasteiger partial charge < -0.3 is 9.88 Å². The highest BCUT2D eigenvalue weighted by atomic mass is 32.2. The van der Waals surface area contributed by atoms with Gasteiger partial charge in [0, 0.05) is 23.9 Å². The number of fused-ring (bicyclic) bond motifs is 1. The second-order valence-corrected chi connectivity index (χ2v) is 8.94. The van der Waals surface area contributed by atoms with E-state index in [0.29, 0.717) is 16.4 Å². The first-order valence-corrected chi connectivity index (χ1v) is 11.1. The highest BCUT2D eigenvalue weighted by Gasteiger charge is 2.22. The number of thiazole rings is 1. The number of hydrogen-bond donors (Lipinski definition) is 1. The molecule has 1 aliphatic heterocycles. The van der Waals surface area contributed by atoms with Crippen LogP contribution in [-0.4, -0.2) is 30.9 Å². The van der Waals surface area contributed by atoms with E-state index in [4.69, 9.17) is 0 Å². The number of hydrogen-bond acceptors (Lipinski definition) is 6. The average Bonchev–Trinajstić information content (AvgIpc) is 3.24. The Morgan fingerprint density at radius 2 is 2.10 bits per heavy atom. The fraction of sp³-hybridized carbons (Fsp3) is 0.368. The molecule has 0 bridgehead atoms. The fourth-order valence-corrected chi connectivity index (χ4v) is 4.70. The van der Waals surface area contributed by atoms with Crippen LogP contribution in [0.1, 0.15) is 32.0 Å². The summed E-state index contributed by atoms with van der Waals surface area (Å²) in [4.78, 5) is 16.9. The monoisotopic (exact) mass is 435 g/mol. The van der Waals surface area contributed by atoms with Crippen molar-refractivity contribution in [1.29, 1.82) is 0 Å². The Labute approximate surface area is 174 Å². The number of carbonyl (C=O) groups is 1. The molecule has 10 heteroatoms. The number of carbonyl (C=O) groups excluding carboxylic acids is 1. The average molecular weight is 436 g/mol. The molecule has 3 heterocycles. The van der Waals surface area contributed by atoms with Gasteiger partial charge in [0.15, 0.2) is 21.9 Å². The molecule has 2 aromatic heterocycles. The molecule has 0 saturated carbocycles. The van der Waals surface area contributed by atoms with E-state index in [0.717, 1.165) is 48.9 Å². The van der Waals surface area contributed by atoms with Gasteiger partial charge in [0.05, 0.1) is 10.9 Å². The molecule has 0 aliphatic carbocycles. The van der Waals surface area contributed by atoms with Gasteiger partial charge in [0.25, 0.3) is 0 Å². The van der Waals surface area contributed by atoms with Gasteiger partial charge in [-0.25, -0.2) is 13.8 Å². The minimum atomic E-state index is -0.932. The van der Waals surface area contributed by atoms with Gasteiger partial charge in [-0.2, -0.15) is 0 Å². The maximum Gasteiger partial charge on any atom is 0.239 e. The molecule has 3 aromatic rings. The van der Waals surface area contributed by atoms with E-state index in [1.165, 1.54) is 35.6 Å². The lowest BCUT2D eigenvalue weighted by Crippen LogP contribution is -2.23. The summed E-state index contributed by atoms with van der Waals surface area (Å²) in [7, 11) is 0. The predicted octanol–water partition coefficient (Wildman–Crippen LogP) is 4.53. The van der Waals surface area contributed by atoms with E-state index in [2.05, 4.69) is 25.1 Å². The van der Waals surface area contributed by atoms with Crippen molar-refractivity contribution >= 4 is 34.1 Å². The van der Waals surface area contributed by atoms with Crippen LogP contribution in [0.15, 0.2) is 28.7 Å². The van der Waals surface area contributed by atoms with Crippen molar-refractivity contribution in [2.75, 3.05) is 5.32 Å². The standard InChI is InChI=1S/C19H19F2N5OS2/c1-11(29-19-25-24-16-5-3-2-4-8-26(16)19)17(27)23-18-22-15(10-28-18)12-6-7-13(20)14(21)9-12/h6-7,9-11H,2-5,8H2,1H3,(H,22,23,27). The van der Waals surface area contributed by atoms with E-state index in [-0.39, 0.29) is 11.2 Å². The Bertz CT molecular complexity index is 1040. The second-order valence-electron chi connectivity index (χ2n) is 6.78. The number of aromatic nitrogens is 4. The van der Waals surface area contributed by atoms with Crippen molar-refractivity contribution in [3.63, 3.8) is 0 Å². The second kappa shape index (κ2) is 8.58. The number of rotatable bonds is 5. The first kappa shape index (κ1) is 20.0. The van der Waals surface area contributed by atoms with Gasteiger partial charge in [-0.05, 0) is 38.0 Å². The number of thioether (sulfide) groups is 1. The first-order chi connectivity index (χ1) is 14.0. The molecule has 1 atom stereocenters. The Hall–Kier alpha value is -2.33. The summed E-state index contributed by atoms with van der Waals surface area (Å²) < 4.78 is 28.6. The third-order valence-corrected chi connectivity index (χ3v) is 6.51. The van der Waals surface area contributed by atoms with E-state index in [1.807, 2.05) is 6.92 Å².